The fourth-order valence-electron chi connectivity index (χ4n) is 3.05. The molecule has 0 radical (unpaired) electrons. The van der Waals surface area contributed by atoms with Crippen molar-refractivity contribution in [3.8, 4) is 0 Å². The molecular weight excluding hydrogens is 310 g/mol. The predicted molar refractivity (Wildman–Crippen MR) is 86.8 cm³/mol. The number of fused-ring (bicyclic) bond motifs is 5. The van der Waals surface area contributed by atoms with Gasteiger partial charge in [0.1, 0.15) is 5.58 Å². The van der Waals surface area contributed by atoms with E-state index < -0.39 is 23.6 Å². The van der Waals surface area contributed by atoms with Gasteiger partial charge in [0.2, 0.25) is 17.6 Å². The van der Waals surface area contributed by atoms with Crippen molar-refractivity contribution < 1.29 is 23.5 Å². The Hall–Kier alpha value is -3.15. The van der Waals surface area contributed by atoms with Gasteiger partial charge in [-0.3, -0.25) is 14.4 Å². The number of amides is 1. The van der Waals surface area contributed by atoms with E-state index in [1.54, 1.807) is 13.0 Å². The average Bonchev–Trinajstić information content (AvgIpc) is 2.94. The highest BCUT2D eigenvalue weighted by molar-refractivity contribution is 6.32. The molecule has 1 amide bonds. The van der Waals surface area contributed by atoms with Crippen LogP contribution in [0.15, 0.2) is 40.8 Å². The minimum absolute atomic E-state index is 0.0148. The Morgan fingerprint density at radius 1 is 1.21 bits per heavy atom. The largest absolute Gasteiger partial charge is 0.465 e. The zero-order valence-corrected chi connectivity index (χ0v) is 12.8. The van der Waals surface area contributed by atoms with Gasteiger partial charge in [0.25, 0.3) is 0 Å². The van der Waals surface area contributed by atoms with Crippen LogP contribution in [0.25, 0.3) is 21.7 Å². The lowest BCUT2D eigenvalue weighted by Crippen LogP contribution is -2.40. The summed E-state index contributed by atoms with van der Waals surface area (Å²) in [7, 11) is 0. The summed E-state index contributed by atoms with van der Waals surface area (Å²) in [6.07, 6.45) is 0. The average molecular weight is 323 g/mol. The number of Topliss-reactive ketones (excluding diaryl/α,β-unsaturated/α-hetero) is 1. The molecular formula is C18H13NO5. The number of hydrogen-bond donors (Lipinski definition) is 1. The molecule has 0 saturated heterocycles. The van der Waals surface area contributed by atoms with Crippen LogP contribution in [-0.4, -0.2) is 24.3 Å². The fraction of sp³-hybridized carbons (Fsp3) is 0.167. The number of ether oxygens (including phenoxy) is 1. The molecule has 0 aliphatic carbocycles. The van der Waals surface area contributed by atoms with E-state index in [0.717, 1.165) is 10.8 Å². The zero-order chi connectivity index (χ0) is 16.8. The number of esters is 1. The van der Waals surface area contributed by atoms with Gasteiger partial charge in [0.15, 0.2) is 5.76 Å². The standard InChI is InChI=1S/C18H13NO5/c1-2-23-18(22)13-15(20)16-14(19-17(13)21)12-10-6-4-3-5-9(10)7-8-11(12)24-16/h3-8,13H,2H2,1H3,(H,19,21). The Bertz CT molecular complexity index is 1020. The summed E-state index contributed by atoms with van der Waals surface area (Å²) in [5.41, 5.74) is 0.800. The molecule has 2 heterocycles. The van der Waals surface area contributed by atoms with Gasteiger partial charge in [-0.15, -0.1) is 0 Å². The second-order valence-electron chi connectivity index (χ2n) is 5.50. The normalized spacial score (nSPS) is 17.0. The van der Waals surface area contributed by atoms with E-state index >= 15 is 0 Å². The van der Waals surface area contributed by atoms with E-state index in [1.807, 2.05) is 30.3 Å². The molecule has 1 aromatic heterocycles. The number of anilines is 1. The molecule has 0 spiro atoms. The first-order valence-corrected chi connectivity index (χ1v) is 7.57. The van der Waals surface area contributed by atoms with Crippen LogP contribution in [0.5, 0.6) is 0 Å². The highest BCUT2D eigenvalue weighted by Crippen LogP contribution is 2.40. The molecule has 6 heteroatoms. The maximum Gasteiger partial charge on any atom is 0.326 e. The Balaban J connectivity index is 1.94. The van der Waals surface area contributed by atoms with Gasteiger partial charge < -0.3 is 14.5 Å². The van der Waals surface area contributed by atoms with Crippen molar-refractivity contribution in [1.82, 2.24) is 0 Å². The molecule has 1 N–H and O–H groups in total. The summed E-state index contributed by atoms with van der Waals surface area (Å²) < 4.78 is 10.5. The van der Waals surface area contributed by atoms with Crippen molar-refractivity contribution in [2.45, 2.75) is 6.92 Å². The summed E-state index contributed by atoms with van der Waals surface area (Å²) in [5.74, 6) is -3.77. The van der Waals surface area contributed by atoms with Crippen LogP contribution in [0.4, 0.5) is 5.69 Å². The van der Waals surface area contributed by atoms with Crippen molar-refractivity contribution in [2.24, 2.45) is 5.92 Å². The Labute approximate surface area is 136 Å². The van der Waals surface area contributed by atoms with Crippen LogP contribution in [0.1, 0.15) is 17.5 Å². The smallest absolute Gasteiger partial charge is 0.326 e. The Morgan fingerprint density at radius 3 is 2.79 bits per heavy atom. The molecule has 1 atom stereocenters. The van der Waals surface area contributed by atoms with E-state index in [-0.39, 0.29) is 12.4 Å². The summed E-state index contributed by atoms with van der Waals surface area (Å²) in [6, 6.07) is 11.2. The van der Waals surface area contributed by atoms with Crippen LogP contribution in [0.3, 0.4) is 0 Å². The molecule has 1 aliphatic rings. The van der Waals surface area contributed by atoms with Gasteiger partial charge >= 0.3 is 5.97 Å². The van der Waals surface area contributed by atoms with Crippen molar-refractivity contribution in [3.63, 3.8) is 0 Å². The number of nitrogens with one attached hydrogen (secondary N) is 1. The second-order valence-corrected chi connectivity index (χ2v) is 5.50. The lowest BCUT2D eigenvalue weighted by molar-refractivity contribution is -0.148. The van der Waals surface area contributed by atoms with Gasteiger partial charge in [-0.25, -0.2) is 0 Å². The quantitative estimate of drug-likeness (QED) is 0.579. The minimum atomic E-state index is -1.52. The Kier molecular flexibility index (Phi) is 3.13. The fourth-order valence-corrected chi connectivity index (χ4v) is 3.05. The monoisotopic (exact) mass is 323 g/mol. The number of carbonyl (C=O) groups excluding carboxylic acids is 3. The van der Waals surface area contributed by atoms with Crippen molar-refractivity contribution in [3.05, 3.63) is 42.2 Å². The number of benzene rings is 2. The van der Waals surface area contributed by atoms with Gasteiger partial charge in [0, 0.05) is 0 Å². The van der Waals surface area contributed by atoms with Crippen LogP contribution in [0.2, 0.25) is 0 Å². The highest BCUT2D eigenvalue weighted by Gasteiger charge is 2.44. The lowest BCUT2D eigenvalue weighted by Gasteiger charge is -2.18. The van der Waals surface area contributed by atoms with Crippen molar-refractivity contribution in [1.29, 1.82) is 0 Å². The van der Waals surface area contributed by atoms with E-state index in [1.165, 1.54) is 0 Å². The molecule has 1 aliphatic heterocycles. The number of carbonyl (C=O) groups is 3. The number of ketones is 1. The first-order chi connectivity index (χ1) is 11.6. The van der Waals surface area contributed by atoms with Gasteiger partial charge in [0.05, 0.1) is 17.7 Å². The molecule has 3 aromatic rings. The van der Waals surface area contributed by atoms with E-state index in [2.05, 4.69) is 5.32 Å². The predicted octanol–water partition coefficient (Wildman–Crippen LogP) is 2.90. The number of hydrogen-bond acceptors (Lipinski definition) is 5. The molecule has 1 unspecified atom stereocenters. The van der Waals surface area contributed by atoms with Crippen LogP contribution in [0, 0.1) is 5.92 Å². The molecule has 2 aromatic carbocycles. The first-order valence-electron chi connectivity index (χ1n) is 7.57. The first kappa shape index (κ1) is 14.4. The summed E-state index contributed by atoms with van der Waals surface area (Å²) in [5, 5.41) is 5.12. The summed E-state index contributed by atoms with van der Waals surface area (Å²) in [4.78, 5) is 36.8. The minimum Gasteiger partial charge on any atom is -0.465 e. The van der Waals surface area contributed by atoms with Gasteiger partial charge in [-0.2, -0.15) is 0 Å². The second kappa shape index (κ2) is 5.19. The van der Waals surface area contributed by atoms with E-state index in [9.17, 15) is 14.4 Å². The zero-order valence-electron chi connectivity index (χ0n) is 12.8. The highest BCUT2D eigenvalue weighted by atomic mass is 16.5. The van der Waals surface area contributed by atoms with Crippen LogP contribution in [-0.2, 0) is 14.3 Å². The van der Waals surface area contributed by atoms with E-state index in [4.69, 9.17) is 9.15 Å². The van der Waals surface area contributed by atoms with Gasteiger partial charge in [-0.1, -0.05) is 30.3 Å². The molecule has 120 valence electrons. The number of furan rings is 1. The third-order valence-electron chi connectivity index (χ3n) is 4.10. The van der Waals surface area contributed by atoms with Crippen molar-refractivity contribution >= 4 is 45.1 Å². The maximum atomic E-state index is 12.6. The lowest BCUT2D eigenvalue weighted by atomic mass is 9.95. The van der Waals surface area contributed by atoms with Gasteiger partial charge in [-0.05, 0) is 23.8 Å². The summed E-state index contributed by atoms with van der Waals surface area (Å²) in [6.45, 7) is 1.70. The SMILES string of the molecule is CCOC(=O)C1C(=O)Nc2c(oc3ccc4ccccc4c23)C1=O. The van der Waals surface area contributed by atoms with Crippen LogP contribution < -0.4 is 5.32 Å². The molecule has 24 heavy (non-hydrogen) atoms. The molecule has 0 saturated carbocycles. The molecule has 6 nitrogen and oxygen atoms in total. The third kappa shape index (κ3) is 1.93. The summed E-state index contributed by atoms with van der Waals surface area (Å²) >= 11 is 0. The maximum absolute atomic E-state index is 12.6. The Morgan fingerprint density at radius 2 is 2.00 bits per heavy atom. The molecule has 0 fully saturated rings. The topological polar surface area (TPSA) is 85.6 Å². The van der Waals surface area contributed by atoms with Crippen molar-refractivity contribution in [2.75, 3.05) is 11.9 Å². The van der Waals surface area contributed by atoms with E-state index in [0.29, 0.717) is 16.7 Å². The van der Waals surface area contributed by atoms with Crippen LogP contribution >= 0.6 is 0 Å². The third-order valence-corrected chi connectivity index (χ3v) is 4.10. The number of rotatable bonds is 2. The molecule has 0 bridgehead atoms. The molecule has 4 rings (SSSR count).